The van der Waals surface area contributed by atoms with Gasteiger partial charge >= 0.3 is 5.97 Å². The highest BCUT2D eigenvalue weighted by Crippen LogP contribution is 2.24. The second kappa shape index (κ2) is 8.69. The van der Waals surface area contributed by atoms with Crippen LogP contribution in [0.1, 0.15) is 21.5 Å². The van der Waals surface area contributed by atoms with E-state index in [-0.39, 0.29) is 5.56 Å². The van der Waals surface area contributed by atoms with Crippen molar-refractivity contribution in [2.24, 2.45) is 0 Å². The van der Waals surface area contributed by atoms with E-state index in [1.165, 1.54) is 5.56 Å². The molecule has 4 aromatic rings. The summed E-state index contributed by atoms with van der Waals surface area (Å²) in [4.78, 5) is 17.8. The molecule has 3 aromatic carbocycles. The van der Waals surface area contributed by atoms with Crippen LogP contribution < -0.4 is 9.64 Å². The highest BCUT2D eigenvalue weighted by molar-refractivity contribution is 5.87. The summed E-state index contributed by atoms with van der Waals surface area (Å²) in [6, 6.07) is 23.1. The van der Waals surface area contributed by atoms with Crippen LogP contribution in [-0.4, -0.2) is 29.7 Å². The van der Waals surface area contributed by atoms with Gasteiger partial charge in [0.05, 0.1) is 12.7 Å². The first kappa shape index (κ1) is 19.5. The monoisotopic (exact) mass is 402 g/mol. The van der Waals surface area contributed by atoms with E-state index in [0.29, 0.717) is 19.1 Å². The molecule has 1 N–H and O–H groups in total. The normalized spacial score (nSPS) is 10.8. The third kappa shape index (κ3) is 4.43. The number of benzene rings is 3. The van der Waals surface area contributed by atoms with Crippen LogP contribution in [0.25, 0.3) is 11.1 Å². The lowest BCUT2D eigenvalue weighted by Crippen LogP contribution is -2.25. The van der Waals surface area contributed by atoms with Gasteiger partial charge in [-0.05, 0) is 53.9 Å². The largest absolute Gasteiger partial charge is 0.497 e. The van der Waals surface area contributed by atoms with Crippen molar-refractivity contribution in [2.75, 3.05) is 18.6 Å². The third-order valence-corrected chi connectivity index (χ3v) is 4.96. The number of nitrogens with zero attached hydrogens (tertiary/aromatic N) is 2. The Morgan fingerprint density at radius 3 is 2.37 bits per heavy atom. The minimum atomic E-state index is -0.933. The number of hydrogen-bond donors (Lipinski definition) is 1. The third-order valence-electron chi connectivity index (χ3n) is 4.96. The molecular weight excluding hydrogens is 380 g/mol. The number of carboxylic acids is 1. The maximum atomic E-state index is 11.1. The Balaban J connectivity index is 1.57. The molecular formula is C24H22N2O4. The number of fused-ring (bicyclic) bond motifs is 1. The number of carboxylic acid groups (broad SMARTS) is 1. The number of methoxy groups -OCH3 is 1. The molecule has 4 rings (SSSR count). The van der Waals surface area contributed by atoms with Crippen LogP contribution in [0.15, 0.2) is 77.2 Å². The summed E-state index contributed by atoms with van der Waals surface area (Å²) >= 11 is 0. The highest BCUT2D eigenvalue weighted by Gasteiger charge is 2.15. The number of carbonyl (C=O) groups is 1. The van der Waals surface area contributed by atoms with Crippen LogP contribution in [0, 0.1) is 0 Å². The van der Waals surface area contributed by atoms with Gasteiger partial charge in [-0.2, -0.15) is 4.98 Å². The summed E-state index contributed by atoms with van der Waals surface area (Å²) < 4.78 is 11.2. The Morgan fingerprint density at radius 1 is 1.00 bits per heavy atom. The first-order valence-electron chi connectivity index (χ1n) is 9.68. The summed E-state index contributed by atoms with van der Waals surface area (Å²) in [5, 5.41) is 9.12. The Bertz CT molecular complexity index is 1100. The number of ether oxygens (including phenoxy) is 1. The van der Waals surface area contributed by atoms with Gasteiger partial charge in [-0.15, -0.1) is 0 Å². The van der Waals surface area contributed by atoms with Gasteiger partial charge in [-0.1, -0.05) is 36.4 Å². The van der Waals surface area contributed by atoms with E-state index >= 15 is 0 Å². The number of oxazole rings is 1. The molecule has 0 spiro atoms. The number of rotatable bonds is 8. The summed E-state index contributed by atoms with van der Waals surface area (Å²) in [5.41, 5.74) is 3.98. The molecule has 1 heterocycles. The molecule has 0 atom stereocenters. The van der Waals surface area contributed by atoms with Crippen molar-refractivity contribution >= 4 is 23.1 Å². The molecule has 6 heteroatoms. The summed E-state index contributed by atoms with van der Waals surface area (Å²) in [7, 11) is 1.65. The van der Waals surface area contributed by atoms with Crippen molar-refractivity contribution in [1.29, 1.82) is 0 Å². The van der Waals surface area contributed by atoms with Gasteiger partial charge in [0.25, 0.3) is 6.01 Å². The zero-order valence-corrected chi connectivity index (χ0v) is 16.6. The zero-order chi connectivity index (χ0) is 20.9. The summed E-state index contributed by atoms with van der Waals surface area (Å²) in [5.74, 6) is -0.107. The molecule has 0 amide bonds. The van der Waals surface area contributed by atoms with Crippen molar-refractivity contribution in [2.45, 2.75) is 13.0 Å². The lowest BCUT2D eigenvalue weighted by molar-refractivity contribution is 0.0697. The number of anilines is 1. The summed E-state index contributed by atoms with van der Waals surface area (Å²) in [6.45, 7) is 1.25. The molecule has 0 radical (unpaired) electrons. The maximum Gasteiger partial charge on any atom is 0.335 e. The minimum absolute atomic E-state index is 0.269. The number of aromatic nitrogens is 1. The van der Waals surface area contributed by atoms with Crippen molar-refractivity contribution in [3.63, 3.8) is 0 Å². The van der Waals surface area contributed by atoms with Gasteiger partial charge in [0.15, 0.2) is 5.58 Å². The van der Waals surface area contributed by atoms with Gasteiger partial charge < -0.3 is 19.2 Å². The summed E-state index contributed by atoms with van der Waals surface area (Å²) in [6.07, 6.45) is 0.802. The van der Waals surface area contributed by atoms with E-state index in [4.69, 9.17) is 14.3 Å². The van der Waals surface area contributed by atoms with Crippen molar-refractivity contribution in [3.05, 3.63) is 89.5 Å². The van der Waals surface area contributed by atoms with E-state index in [0.717, 1.165) is 28.8 Å². The van der Waals surface area contributed by atoms with Crippen molar-refractivity contribution < 1.29 is 19.1 Å². The molecule has 0 fully saturated rings. The molecule has 6 nitrogen and oxygen atoms in total. The fourth-order valence-corrected chi connectivity index (χ4v) is 3.27. The van der Waals surface area contributed by atoms with Gasteiger partial charge in [0.2, 0.25) is 0 Å². The second-order valence-electron chi connectivity index (χ2n) is 6.99. The van der Waals surface area contributed by atoms with Crippen molar-refractivity contribution in [3.8, 4) is 5.75 Å². The standard InChI is InChI=1S/C24H22N2O4/c1-29-20-12-8-17(9-13-20)14-15-26(16-18-6-10-19(11-7-18)23(27)28)24-25-21-4-2-3-5-22(21)30-24/h2-13H,14-16H2,1H3,(H,27,28). The molecule has 0 aliphatic heterocycles. The average Bonchev–Trinajstić information content (AvgIpc) is 3.21. The smallest absolute Gasteiger partial charge is 0.335 e. The maximum absolute atomic E-state index is 11.1. The lowest BCUT2D eigenvalue weighted by Gasteiger charge is -2.21. The van der Waals surface area contributed by atoms with Gasteiger partial charge in [0.1, 0.15) is 11.3 Å². The predicted molar refractivity (Wildman–Crippen MR) is 115 cm³/mol. The Kier molecular flexibility index (Phi) is 5.66. The topological polar surface area (TPSA) is 75.8 Å². The van der Waals surface area contributed by atoms with Crippen LogP contribution in [0.5, 0.6) is 5.75 Å². The molecule has 0 saturated carbocycles. The first-order valence-corrected chi connectivity index (χ1v) is 9.68. The fraction of sp³-hybridized carbons (Fsp3) is 0.167. The molecule has 0 saturated heterocycles. The van der Waals surface area contributed by atoms with Gasteiger partial charge in [0, 0.05) is 13.1 Å². The fourth-order valence-electron chi connectivity index (χ4n) is 3.27. The number of aromatic carboxylic acids is 1. The quantitative estimate of drug-likeness (QED) is 0.457. The van der Waals surface area contributed by atoms with E-state index in [2.05, 4.69) is 9.88 Å². The van der Waals surface area contributed by atoms with Crippen LogP contribution in [0.4, 0.5) is 6.01 Å². The Labute approximate surface area is 174 Å². The molecule has 1 aromatic heterocycles. The van der Waals surface area contributed by atoms with Crippen molar-refractivity contribution in [1.82, 2.24) is 4.98 Å². The predicted octanol–water partition coefficient (Wildman–Crippen LogP) is 4.78. The molecule has 0 aliphatic carbocycles. The van der Waals surface area contributed by atoms with Crippen LogP contribution in [0.2, 0.25) is 0 Å². The van der Waals surface area contributed by atoms with Crippen LogP contribution in [0.3, 0.4) is 0 Å². The first-order chi connectivity index (χ1) is 14.6. The molecule has 152 valence electrons. The molecule has 0 bridgehead atoms. The average molecular weight is 402 g/mol. The number of para-hydroxylation sites is 2. The lowest BCUT2D eigenvalue weighted by atomic mass is 10.1. The van der Waals surface area contributed by atoms with Gasteiger partial charge in [-0.3, -0.25) is 0 Å². The van der Waals surface area contributed by atoms with E-state index in [1.54, 1.807) is 19.2 Å². The van der Waals surface area contributed by atoms with Gasteiger partial charge in [-0.25, -0.2) is 4.79 Å². The number of hydrogen-bond acceptors (Lipinski definition) is 5. The zero-order valence-electron chi connectivity index (χ0n) is 16.6. The minimum Gasteiger partial charge on any atom is -0.497 e. The SMILES string of the molecule is COc1ccc(CCN(Cc2ccc(C(=O)O)cc2)c2nc3ccccc3o2)cc1. The molecule has 30 heavy (non-hydrogen) atoms. The Morgan fingerprint density at radius 2 is 1.70 bits per heavy atom. The van der Waals surface area contributed by atoms with E-state index in [1.807, 2.05) is 60.7 Å². The Hall–Kier alpha value is -3.80. The van der Waals surface area contributed by atoms with E-state index in [9.17, 15) is 4.79 Å². The molecule has 0 unspecified atom stereocenters. The van der Waals surface area contributed by atoms with Crippen LogP contribution >= 0.6 is 0 Å². The highest BCUT2D eigenvalue weighted by atomic mass is 16.5. The van der Waals surface area contributed by atoms with Crippen LogP contribution in [-0.2, 0) is 13.0 Å². The van der Waals surface area contributed by atoms with E-state index < -0.39 is 5.97 Å². The second-order valence-corrected chi connectivity index (χ2v) is 6.99. The molecule has 0 aliphatic rings.